The van der Waals surface area contributed by atoms with Crippen molar-refractivity contribution in [3.05, 3.63) is 40.7 Å². The Balaban J connectivity index is 1.88. The molecule has 2 aromatic rings. The average molecular weight is 426 g/mol. The summed E-state index contributed by atoms with van der Waals surface area (Å²) in [6, 6.07) is 7.03. The van der Waals surface area contributed by atoms with Crippen LogP contribution in [0.15, 0.2) is 18.2 Å². The first-order valence-electron chi connectivity index (χ1n) is 10.6. The molecule has 1 aliphatic carbocycles. The molecule has 0 radical (unpaired) electrons. The molecule has 166 valence electrons. The van der Waals surface area contributed by atoms with Crippen molar-refractivity contribution in [1.82, 2.24) is 9.88 Å². The third-order valence-corrected chi connectivity index (χ3v) is 6.09. The van der Waals surface area contributed by atoms with Crippen molar-refractivity contribution >= 4 is 5.91 Å². The summed E-state index contributed by atoms with van der Waals surface area (Å²) in [6.07, 6.45) is 6.01. The molecular weight excluding hydrogens is 394 g/mol. The van der Waals surface area contributed by atoms with Crippen LogP contribution in [0.1, 0.15) is 71.5 Å². The molecule has 0 saturated heterocycles. The van der Waals surface area contributed by atoms with Crippen LogP contribution in [0.3, 0.4) is 0 Å². The van der Waals surface area contributed by atoms with Gasteiger partial charge in [-0.25, -0.2) is 0 Å². The molecular formula is C24H31N3O4. The number of hydrogen-bond acceptors (Lipinski definition) is 5. The third-order valence-electron chi connectivity index (χ3n) is 6.09. The van der Waals surface area contributed by atoms with Crippen LogP contribution in [0, 0.1) is 25.2 Å². The van der Waals surface area contributed by atoms with E-state index in [0.717, 1.165) is 24.2 Å². The molecule has 0 aliphatic heterocycles. The lowest BCUT2D eigenvalue weighted by Gasteiger charge is -2.26. The van der Waals surface area contributed by atoms with Gasteiger partial charge in [0, 0.05) is 17.4 Å². The molecule has 1 heterocycles. The predicted molar refractivity (Wildman–Crippen MR) is 118 cm³/mol. The van der Waals surface area contributed by atoms with Gasteiger partial charge in [-0.2, -0.15) is 5.26 Å². The van der Waals surface area contributed by atoms with Crippen LogP contribution in [-0.2, 0) is 0 Å². The van der Waals surface area contributed by atoms with Crippen LogP contribution < -0.4 is 19.5 Å². The van der Waals surface area contributed by atoms with Gasteiger partial charge in [0.15, 0.2) is 11.5 Å². The summed E-state index contributed by atoms with van der Waals surface area (Å²) < 4.78 is 18.4. The van der Waals surface area contributed by atoms with Crippen LogP contribution in [-0.4, -0.2) is 31.8 Å². The van der Waals surface area contributed by atoms with Crippen LogP contribution in [0.4, 0.5) is 0 Å². The molecule has 1 aromatic carbocycles. The molecule has 1 amide bonds. The number of hydrogen-bond donors (Lipinski definition) is 1. The van der Waals surface area contributed by atoms with Gasteiger partial charge >= 0.3 is 0 Å². The second-order valence-corrected chi connectivity index (χ2v) is 7.94. The largest absolute Gasteiger partial charge is 0.493 e. The van der Waals surface area contributed by atoms with E-state index in [1.54, 1.807) is 12.1 Å². The summed E-state index contributed by atoms with van der Waals surface area (Å²) in [5.41, 5.74) is 3.20. The smallest absolute Gasteiger partial charge is 0.254 e. The summed E-state index contributed by atoms with van der Waals surface area (Å²) >= 11 is 0. The number of nitrogens with one attached hydrogen (secondary N) is 1. The van der Waals surface area contributed by atoms with E-state index in [9.17, 15) is 10.1 Å². The second kappa shape index (κ2) is 9.78. The SMILES string of the molecule is COc1cc(C(C#N)NC(=O)c2cc(C)n(C3CCCCC3)c2C)cc(OC)c1OC. The molecule has 3 rings (SSSR count). The number of aryl methyl sites for hydroxylation is 1. The van der Waals surface area contributed by atoms with Gasteiger partial charge < -0.3 is 24.1 Å². The normalized spacial score (nSPS) is 15.1. The second-order valence-electron chi connectivity index (χ2n) is 7.94. The number of methoxy groups -OCH3 is 3. The van der Waals surface area contributed by atoms with Gasteiger partial charge in [0.2, 0.25) is 5.75 Å². The van der Waals surface area contributed by atoms with Crippen LogP contribution in [0.25, 0.3) is 0 Å². The minimum atomic E-state index is -0.862. The van der Waals surface area contributed by atoms with E-state index < -0.39 is 6.04 Å². The van der Waals surface area contributed by atoms with Gasteiger partial charge in [-0.3, -0.25) is 4.79 Å². The van der Waals surface area contributed by atoms with Crippen molar-refractivity contribution in [3.8, 4) is 23.3 Å². The zero-order valence-electron chi connectivity index (χ0n) is 18.9. The Morgan fingerprint density at radius 1 is 1.06 bits per heavy atom. The fourth-order valence-electron chi connectivity index (χ4n) is 4.58. The van der Waals surface area contributed by atoms with E-state index in [1.807, 2.05) is 19.9 Å². The van der Waals surface area contributed by atoms with Crippen LogP contribution in [0.2, 0.25) is 0 Å². The number of benzene rings is 1. The Morgan fingerprint density at radius 3 is 2.19 bits per heavy atom. The highest BCUT2D eigenvalue weighted by atomic mass is 16.5. The molecule has 1 atom stereocenters. The van der Waals surface area contributed by atoms with Crippen molar-refractivity contribution in [2.75, 3.05) is 21.3 Å². The summed E-state index contributed by atoms with van der Waals surface area (Å²) in [4.78, 5) is 13.1. The Bertz CT molecular complexity index is 958. The van der Waals surface area contributed by atoms with Crippen molar-refractivity contribution < 1.29 is 19.0 Å². The first-order chi connectivity index (χ1) is 14.9. The zero-order chi connectivity index (χ0) is 22.5. The molecule has 1 saturated carbocycles. The minimum absolute atomic E-state index is 0.268. The maximum atomic E-state index is 13.1. The van der Waals surface area contributed by atoms with Crippen molar-refractivity contribution in [2.45, 2.75) is 58.0 Å². The molecule has 1 aliphatic rings. The topological polar surface area (TPSA) is 85.5 Å². The van der Waals surface area contributed by atoms with Gasteiger partial charge in [0.1, 0.15) is 6.04 Å². The molecule has 1 aromatic heterocycles. The third kappa shape index (κ3) is 4.48. The standard InChI is InChI=1S/C24H31N3O4/c1-15-11-19(16(2)27(15)18-9-7-6-8-10-18)24(28)26-20(14-25)17-12-21(29-3)23(31-5)22(13-17)30-4/h11-13,18,20H,6-10H2,1-5H3,(H,26,28). The number of amides is 1. The monoisotopic (exact) mass is 425 g/mol. The van der Waals surface area contributed by atoms with E-state index in [1.165, 1.54) is 40.6 Å². The Labute approximate surface area is 183 Å². The molecule has 7 nitrogen and oxygen atoms in total. The Morgan fingerprint density at radius 2 is 1.68 bits per heavy atom. The Kier molecular flexibility index (Phi) is 7.11. The van der Waals surface area contributed by atoms with Gasteiger partial charge in [-0.05, 0) is 50.5 Å². The maximum absolute atomic E-state index is 13.1. The van der Waals surface area contributed by atoms with E-state index in [4.69, 9.17) is 14.2 Å². The van der Waals surface area contributed by atoms with E-state index in [0.29, 0.717) is 34.4 Å². The first-order valence-corrected chi connectivity index (χ1v) is 10.6. The number of nitrogens with zero attached hydrogens (tertiary/aromatic N) is 2. The molecule has 0 spiro atoms. The fraction of sp³-hybridized carbons (Fsp3) is 0.500. The summed E-state index contributed by atoms with van der Waals surface area (Å²) in [6.45, 7) is 4.02. The fourth-order valence-corrected chi connectivity index (χ4v) is 4.58. The van der Waals surface area contributed by atoms with E-state index in [-0.39, 0.29) is 5.91 Å². The number of aromatic nitrogens is 1. The summed E-state index contributed by atoms with van der Waals surface area (Å²) in [7, 11) is 4.55. The van der Waals surface area contributed by atoms with Crippen LogP contribution >= 0.6 is 0 Å². The van der Waals surface area contributed by atoms with Gasteiger partial charge in [0.05, 0.1) is 33.0 Å². The van der Waals surface area contributed by atoms with Gasteiger partial charge in [0.25, 0.3) is 5.91 Å². The number of nitriles is 1. The molecule has 1 unspecified atom stereocenters. The van der Waals surface area contributed by atoms with Gasteiger partial charge in [-0.1, -0.05) is 19.3 Å². The highest BCUT2D eigenvalue weighted by molar-refractivity contribution is 5.96. The Hall–Kier alpha value is -3.14. The van der Waals surface area contributed by atoms with E-state index >= 15 is 0 Å². The highest BCUT2D eigenvalue weighted by Gasteiger charge is 2.25. The summed E-state index contributed by atoms with van der Waals surface area (Å²) in [5, 5.41) is 12.6. The van der Waals surface area contributed by atoms with Crippen LogP contribution in [0.5, 0.6) is 17.2 Å². The molecule has 7 heteroatoms. The number of carbonyl (C=O) groups is 1. The number of ether oxygens (including phenoxy) is 3. The zero-order valence-corrected chi connectivity index (χ0v) is 18.9. The molecule has 1 N–H and O–H groups in total. The number of carbonyl (C=O) groups excluding carboxylic acids is 1. The lowest BCUT2D eigenvalue weighted by molar-refractivity contribution is 0.0944. The molecule has 31 heavy (non-hydrogen) atoms. The van der Waals surface area contributed by atoms with Gasteiger partial charge in [-0.15, -0.1) is 0 Å². The predicted octanol–water partition coefficient (Wildman–Crippen LogP) is 4.63. The van der Waals surface area contributed by atoms with Crippen molar-refractivity contribution in [1.29, 1.82) is 5.26 Å². The maximum Gasteiger partial charge on any atom is 0.254 e. The first kappa shape index (κ1) is 22.5. The number of rotatable bonds is 7. The average Bonchev–Trinajstić information content (AvgIpc) is 3.10. The van der Waals surface area contributed by atoms with E-state index in [2.05, 4.69) is 16.0 Å². The van der Waals surface area contributed by atoms with Crippen molar-refractivity contribution in [2.24, 2.45) is 0 Å². The quantitative estimate of drug-likeness (QED) is 0.699. The molecule has 0 bridgehead atoms. The summed E-state index contributed by atoms with van der Waals surface area (Å²) in [5.74, 6) is 1.03. The lowest BCUT2D eigenvalue weighted by Crippen LogP contribution is -2.28. The molecule has 1 fully saturated rings. The minimum Gasteiger partial charge on any atom is -0.493 e. The lowest BCUT2D eigenvalue weighted by atomic mass is 9.95. The highest BCUT2D eigenvalue weighted by Crippen LogP contribution is 2.40. The van der Waals surface area contributed by atoms with Crippen molar-refractivity contribution in [3.63, 3.8) is 0 Å².